The maximum atomic E-state index is 12.1. The van der Waals surface area contributed by atoms with Crippen molar-refractivity contribution in [1.29, 1.82) is 0 Å². The quantitative estimate of drug-likeness (QED) is 0.155. The van der Waals surface area contributed by atoms with Gasteiger partial charge in [0.15, 0.2) is 18.3 Å². The highest BCUT2D eigenvalue weighted by Gasteiger charge is 2.48. The highest BCUT2D eigenvalue weighted by Crippen LogP contribution is 2.61. The first-order valence-corrected chi connectivity index (χ1v) is 12.7. The zero-order valence-electron chi connectivity index (χ0n) is 17.6. The molecule has 0 bridgehead atoms. The van der Waals surface area contributed by atoms with Crippen molar-refractivity contribution < 1.29 is 67.0 Å². The van der Waals surface area contributed by atoms with Gasteiger partial charge in [-0.1, -0.05) is 0 Å². The molecule has 35 heavy (non-hydrogen) atoms. The number of aromatic amines is 1. The SMILES string of the molecule is C[C@H]1O[C@H](OP(=O)(O)OP(=O)(O)OC[C@H]2O[C@@H](n3ccc(=O)[nH]c3=O)[C@H](O)[C@@H]2O)[C@H](O)[C@@H](O)C1=O. The van der Waals surface area contributed by atoms with E-state index >= 15 is 0 Å². The van der Waals surface area contributed by atoms with Gasteiger partial charge in [-0.2, -0.15) is 4.31 Å². The maximum Gasteiger partial charge on any atom is 0.483 e. The molecule has 0 spiro atoms. The van der Waals surface area contributed by atoms with Gasteiger partial charge < -0.3 is 39.7 Å². The molecule has 3 rings (SSSR count). The molecular formula is C15H22N2O16P2. The molecule has 2 aliphatic heterocycles. The highest BCUT2D eigenvalue weighted by atomic mass is 31.3. The van der Waals surface area contributed by atoms with Crippen LogP contribution >= 0.6 is 15.6 Å². The summed E-state index contributed by atoms with van der Waals surface area (Å²) in [5.74, 6) is -0.943. The van der Waals surface area contributed by atoms with Gasteiger partial charge in [0.05, 0.1) is 6.61 Å². The summed E-state index contributed by atoms with van der Waals surface area (Å²) in [6.07, 6.45) is -13.3. The lowest BCUT2D eigenvalue weighted by Crippen LogP contribution is -2.54. The van der Waals surface area contributed by atoms with Gasteiger partial charge in [-0.05, 0) is 6.92 Å². The second-order valence-electron chi connectivity index (χ2n) is 7.47. The van der Waals surface area contributed by atoms with Crippen molar-refractivity contribution in [2.75, 3.05) is 6.61 Å². The number of Topliss-reactive ketones (excluding diaryl/α,β-unsaturated/α-hetero) is 1. The van der Waals surface area contributed by atoms with Crippen molar-refractivity contribution in [2.45, 2.75) is 56.1 Å². The lowest BCUT2D eigenvalue weighted by molar-refractivity contribution is -0.226. The van der Waals surface area contributed by atoms with Crippen LogP contribution in [0.4, 0.5) is 0 Å². The molecule has 0 aromatic carbocycles. The monoisotopic (exact) mass is 548 g/mol. The summed E-state index contributed by atoms with van der Waals surface area (Å²) in [5.41, 5.74) is -1.73. The summed E-state index contributed by atoms with van der Waals surface area (Å²) in [7, 11) is -11.0. The Bertz CT molecular complexity index is 1150. The second kappa shape index (κ2) is 10.4. The number of aliphatic hydroxyl groups is 4. The summed E-state index contributed by atoms with van der Waals surface area (Å²) in [6.45, 7) is 0.139. The number of rotatable bonds is 8. The van der Waals surface area contributed by atoms with E-state index in [0.29, 0.717) is 0 Å². The largest absolute Gasteiger partial charge is 0.483 e. The molecule has 20 heteroatoms. The van der Waals surface area contributed by atoms with Gasteiger partial charge in [-0.3, -0.25) is 28.2 Å². The van der Waals surface area contributed by atoms with Gasteiger partial charge in [0, 0.05) is 12.3 Å². The number of nitrogens with one attached hydrogen (secondary N) is 1. The van der Waals surface area contributed by atoms with Gasteiger partial charge in [-0.15, -0.1) is 0 Å². The van der Waals surface area contributed by atoms with Crippen LogP contribution in [-0.4, -0.2) is 95.1 Å². The van der Waals surface area contributed by atoms with E-state index in [1.54, 1.807) is 0 Å². The molecule has 2 fully saturated rings. The number of aromatic nitrogens is 2. The molecule has 1 aromatic rings. The Kier molecular flexibility index (Phi) is 8.30. The van der Waals surface area contributed by atoms with Gasteiger partial charge in [-0.25, -0.2) is 13.9 Å². The van der Waals surface area contributed by atoms with E-state index in [-0.39, 0.29) is 0 Å². The molecule has 7 N–H and O–H groups in total. The van der Waals surface area contributed by atoms with Crippen LogP contribution in [-0.2, 0) is 36.8 Å². The minimum absolute atomic E-state index is 0.732. The number of hydrogen-bond acceptors (Lipinski definition) is 14. The number of nitrogens with zero attached hydrogens (tertiary/aromatic N) is 1. The predicted octanol–water partition coefficient (Wildman–Crippen LogP) is -3.56. The Labute approximate surface area is 194 Å². The first-order chi connectivity index (χ1) is 16.1. The van der Waals surface area contributed by atoms with E-state index in [1.165, 1.54) is 0 Å². The van der Waals surface area contributed by atoms with E-state index in [9.17, 15) is 53.7 Å². The number of carbonyl (C=O) groups is 1. The molecule has 3 heterocycles. The zero-order valence-corrected chi connectivity index (χ0v) is 19.4. The average molecular weight is 548 g/mol. The summed E-state index contributed by atoms with van der Waals surface area (Å²) in [6, 6.07) is 0.935. The Morgan fingerprint density at radius 1 is 1.03 bits per heavy atom. The second-order valence-corrected chi connectivity index (χ2v) is 10.5. The number of H-pyrrole nitrogens is 1. The topological polar surface area (TPSA) is 274 Å². The van der Waals surface area contributed by atoms with Crippen LogP contribution in [0.1, 0.15) is 13.2 Å². The minimum atomic E-state index is -5.53. The first-order valence-electron chi connectivity index (χ1n) is 9.70. The first kappa shape index (κ1) is 27.9. The summed E-state index contributed by atoms with van der Waals surface area (Å²) >= 11 is 0. The lowest BCUT2D eigenvalue weighted by Gasteiger charge is -2.34. The fourth-order valence-electron chi connectivity index (χ4n) is 3.19. The average Bonchev–Trinajstić information content (AvgIpc) is 3.02. The standard InChI is InChI=1S/C15H22N2O16P2/c1-5-8(19)10(21)12(23)14(30-5)32-35(27,28)33-34(25,26)29-4-6-9(20)11(22)13(31-6)17-3-2-7(18)16-15(17)24/h2-3,5-6,9-14,20-23H,4H2,1H3,(H,25,26)(H,27,28)(H,16,18,24)/t5-,6-,9-,10+,11-,12-,13-,14-/m1/s1. The minimum Gasteiger partial charge on any atom is -0.387 e. The smallest absolute Gasteiger partial charge is 0.387 e. The van der Waals surface area contributed by atoms with Crippen molar-refractivity contribution in [3.8, 4) is 0 Å². The van der Waals surface area contributed by atoms with E-state index < -0.39 is 88.4 Å². The van der Waals surface area contributed by atoms with Crippen molar-refractivity contribution in [3.05, 3.63) is 33.1 Å². The molecule has 198 valence electrons. The van der Waals surface area contributed by atoms with Crippen LogP contribution in [0.3, 0.4) is 0 Å². The van der Waals surface area contributed by atoms with Crippen LogP contribution < -0.4 is 11.2 Å². The van der Waals surface area contributed by atoms with Crippen molar-refractivity contribution in [3.63, 3.8) is 0 Å². The molecular weight excluding hydrogens is 526 g/mol. The van der Waals surface area contributed by atoms with Crippen LogP contribution in [0.15, 0.2) is 21.9 Å². The maximum absolute atomic E-state index is 12.1. The van der Waals surface area contributed by atoms with Gasteiger partial charge in [0.1, 0.15) is 36.6 Å². The molecule has 0 saturated carbocycles. The normalized spacial score (nSPS) is 37.1. The third-order valence-corrected chi connectivity index (χ3v) is 7.54. The number of carbonyl (C=O) groups excluding carboxylic acids is 1. The molecule has 2 unspecified atom stereocenters. The molecule has 2 aliphatic rings. The fraction of sp³-hybridized carbons (Fsp3) is 0.667. The van der Waals surface area contributed by atoms with Crippen LogP contribution in [0.5, 0.6) is 0 Å². The van der Waals surface area contributed by atoms with Gasteiger partial charge >= 0.3 is 21.3 Å². The van der Waals surface area contributed by atoms with Crippen LogP contribution in [0.25, 0.3) is 0 Å². The Balaban J connectivity index is 1.61. The summed E-state index contributed by atoms with van der Waals surface area (Å²) in [5, 5.41) is 39.6. The number of ether oxygens (including phenoxy) is 2. The summed E-state index contributed by atoms with van der Waals surface area (Å²) < 4.78 is 48.0. The fourth-order valence-corrected chi connectivity index (χ4v) is 5.35. The Morgan fingerprint density at radius 2 is 1.69 bits per heavy atom. The highest BCUT2D eigenvalue weighted by molar-refractivity contribution is 7.61. The van der Waals surface area contributed by atoms with E-state index in [2.05, 4.69) is 13.4 Å². The summed E-state index contributed by atoms with van der Waals surface area (Å²) in [4.78, 5) is 56.0. The Hall–Kier alpha value is -1.63. The molecule has 2 saturated heterocycles. The zero-order chi connectivity index (χ0) is 26.3. The number of phosphoric acid groups is 2. The third kappa shape index (κ3) is 6.39. The van der Waals surface area contributed by atoms with Crippen LogP contribution in [0.2, 0.25) is 0 Å². The van der Waals surface area contributed by atoms with E-state index in [4.69, 9.17) is 9.47 Å². The number of phosphoric ester groups is 2. The van der Waals surface area contributed by atoms with E-state index in [0.717, 1.165) is 23.8 Å². The molecule has 1 aromatic heterocycles. The van der Waals surface area contributed by atoms with Gasteiger partial charge in [0.2, 0.25) is 0 Å². The van der Waals surface area contributed by atoms with Crippen LogP contribution in [0, 0.1) is 0 Å². The van der Waals surface area contributed by atoms with E-state index in [1.807, 2.05) is 4.98 Å². The van der Waals surface area contributed by atoms with Crippen molar-refractivity contribution in [1.82, 2.24) is 9.55 Å². The molecule has 0 aliphatic carbocycles. The van der Waals surface area contributed by atoms with Crippen molar-refractivity contribution in [2.24, 2.45) is 0 Å². The predicted molar refractivity (Wildman–Crippen MR) is 106 cm³/mol. The molecule has 18 nitrogen and oxygen atoms in total. The number of ketones is 1. The molecule has 10 atom stereocenters. The number of aliphatic hydroxyl groups excluding tert-OH is 4. The van der Waals surface area contributed by atoms with Gasteiger partial charge in [0.25, 0.3) is 5.56 Å². The third-order valence-electron chi connectivity index (χ3n) is 4.94. The molecule has 0 radical (unpaired) electrons. The lowest BCUT2D eigenvalue weighted by atomic mass is 10.0. The number of hydrogen-bond donors (Lipinski definition) is 7. The van der Waals surface area contributed by atoms with Crippen molar-refractivity contribution >= 4 is 21.4 Å². The molecule has 0 amide bonds. The Morgan fingerprint density at radius 3 is 2.31 bits per heavy atom.